The largest absolute Gasteiger partial charge is 0.573 e. The molecule has 6 heteroatoms. The van der Waals surface area contributed by atoms with Gasteiger partial charge in [-0.25, -0.2) is 4.39 Å². The predicted molar refractivity (Wildman–Crippen MR) is 112 cm³/mol. The van der Waals surface area contributed by atoms with E-state index in [-0.39, 0.29) is 11.6 Å². The fraction of sp³-hybridized carbons (Fsp3) is 0.478. The molecule has 3 rings (SSSR count). The van der Waals surface area contributed by atoms with Crippen LogP contribution < -0.4 is 4.74 Å². The van der Waals surface area contributed by atoms with Crippen LogP contribution in [0.5, 0.6) is 5.75 Å². The molecule has 0 atom stereocenters. The lowest BCUT2D eigenvalue weighted by atomic mass is 9.91. The van der Waals surface area contributed by atoms with Gasteiger partial charge in [-0.1, -0.05) is 68.6 Å². The van der Waals surface area contributed by atoms with Gasteiger partial charge >= 0.3 is 6.36 Å². The van der Waals surface area contributed by atoms with Crippen molar-refractivity contribution in [1.29, 1.82) is 0 Å². The van der Waals surface area contributed by atoms with E-state index in [0.717, 1.165) is 18.4 Å². The highest BCUT2D eigenvalue weighted by Crippen LogP contribution is 2.37. The van der Waals surface area contributed by atoms with Crippen molar-refractivity contribution in [3.8, 4) is 16.9 Å². The standard InChI is InChI=1S/C23H28F4OSi/c1-2-3-4-13-29-14-11-17(12-15-29)19-7-10-21(22(24)16-19)18-5-8-20(9-6-18)28-23(25,26)27/h5-10,16-17,29H,2-4,11-15H2,1H3/t17-,29-. The molecule has 2 aromatic carbocycles. The zero-order valence-corrected chi connectivity index (χ0v) is 17.9. The molecule has 0 radical (unpaired) electrons. The first-order valence-corrected chi connectivity index (χ1v) is 13.0. The number of unbranched alkanes of at least 4 members (excludes halogenated alkanes) is 2. The molecule has 1 heterocycles. The molecule has 0 saturated carbocycles. The maximum Gasteiger partial charge on any atom is 0.573 e. The van der Waals surface area contributed by atoms with Gasteiger partial charge in [-0.3, -0.25) is 0 Å². The van der Waals surface area contributed by atoms with Crippen LogP contribution in [0.2, 0.25) is 18.1 Å². The second-order valence-corrected chi connectivity index (χ2v) is 11.5. The first kappa shape index (κ1) is 21.9. The molecule has 2 aromatic rings. The second-order valence-electron chi connectivity index (χ2n) is 8.02. The van der Waals surface area contributed by atoms with E-state index in [4.69, 9.17) is 0 Å². The van der Waals surface area contributed by atoms with E-state index in [1.807, 2.05) is 6.07 Å². The van der Waals surface area contributed by atoms with Crippen LogP contribution in [-0.2, 0) is 0 Å². The highest BCUT2D eigenvalue weighted by Gasteiger charge is 2.31. The molecule has 0 N–H and O–H groups in total. The first-order chi connectivity index (χ1) is 13.9. The molecule has 0 aromatic heterocycles. The Morgan fingerprint density at radius 1 is 1.00 bits per heavy atom. The Hall–Kier alpha value is -1.82. The summed E-state index contributed by atoms with van der Waals surface area (Å²) in [5.41, 5.74) is 1.98. The van der Waals surface area contributed by atoms with Gasteiger partial charge in [0.2, 0.25) is 0 Å². The molecule has 1 aliphatic rings. The summed E-state index contributed by atoms with van der Waals surface area (Å²) in [5.74, 6) is -0.205. The lowest BCUT2D eigenvalue weighted by molar-refractivity contribution is -0.274. The fourth-order valence-corrected chi connectivity index (χ4v) is 7.80. The van der Waals surface area contributed by atoms with Gasteiger partial charge < -0.3 is 4.74 Å². The topological polar surface area (TPSA) is 9.23 Å². The maximum atomic E-state index is 14.7. The number of benzene rings is 2. The van der Waals surface area contributed by atoms with E-state index in [2.05, 4.69) is 11.7 Å². The molecule has 1 fully saturated rings. The number of halogens is 4. The third-order valence-electron chi connectivity index (χ3n) is 5.93. The van der Waals surface area contributed by atoms with Crippen LogP contribution in [0.25, 0.3) is 11.1 Å². The summed E-state index contributed by atoms with van der Waals surface area (Å²) in [6.45, 7) is 2.24. The van der Waals surface area contributed by atoms with Crippen molar-refractivity contribution in [1.82, 2.24) is 0 Å². The molecule has 0 unspecified atom stereocenters. The van der Waals surface area contributed by atoms with Gasteiger partial charge in [-0.05, 0) is 48.1 Å². The number of ether oxygens (including phenoxy) is 1. The van der Waals surface area contributed by atoms with Crippen LogP contribution in [-0.4, -0.2) is 15.2 Å². The zero-order valence-electron chi connectivity index (χ0n) is 16.8. The Morgan fingerprint density at radius 3 is 2.28 bits per heavy atom. The third kappa shape index (κ3) is 6.33. The summed E-state index contributed by atoms with van der Waals surface area (Å²) in [6.07, 6.45) is 1.56. The summed E-state index contributed by atoms with van der Waals surface area (Å²) >= 11 is 0. The van der Waals surface area contributed by atoms with E-state index < -0.39 is 15.2 Å². The lowest BCUT2D eigenvalue weighted by Gasteiger charge is -2.28. The lowest BCUT2D eigenvalue weighted by Crippen LogP contribution is -2.20. The van der Waals surface area contributed by atoms with E-state index in [1.54, 1.807) is 12.1 Å². The summed E-state index contributed by atoms with van der Waals surface area (Å²) in [7, 11) is -0.597. The molecule has 1 saturated heterocycles. The minimum atomic E-state index is -4.73. The summed E-state index contributed by atoms with van der Waals surface area (Å²) in [6, 6.07) is 14.8. The van der Waals surface area contributed by atoms with Crippen LogP contribution in [0.1, 0.15) is 50.5 Å². The Morgan fingerprint density at radius 2 is 1.69 bits per heavy atom. The highest BCUT2D eigenvalue weighted by molar-refractivity contribution is 6.59. The maximum absolute atomic E-state index is 14.7. The van der Waals surface area contributed by atoms with Crippen LogP contribution >= 0.6 is 0 Å². The molecular formula is C23H28F4OSi. The molecule has 0 aliphatic carbocycles. The van der Waals surface area contributed by atoms with E-state index in [9.17, 15) is 17.6 Å². The quantitative estimate of drug-likeness (QED) is 0.251. The molecule has 1 nitrogen and oxygen atoms in total. The SMILES string of the molecule is CCCCC[Si@H]1CC[C@H](c2ccc(-c3ccc(OC(F)(F)F)cc3)c(F)c2)CC1. The first-order valence-electron chi connectivity index (χ1n) is 10.5. The number of alkyl halides is 3. The Kier molecular flexibility index (Phi) is 7.38. The van der Waals surface area contributed by atoms with E-state index >= 15 is 0 Å². The monoisotopic (exact) mass is 424 g/mol. The van der Waals surface area contributed by atoms with Crippen LogP contribution in [0, 0.1) is 5.82 Å². The molecule has 29 heavy (non-hydrogen) atoms. The fourth-order valence-electron chi connectivity index (χ4n) is 4.32. The van der Waals surface area contributed by atoms with Crippen molar-refractivity contribution >= 4 is 8.80 Å². The van der Waals surface area contributed by atoms with Crippen molar-refractivity contribution in [2.45, 2.75) is 69.4 Å². The third-order valence-corrected chi connectivity index (χ3v) is 9.45. The molecule has 1 aliphatic heterocycles. The number of rotatable bonds is 7. The van der Waals surface area contributed by atoms with Gasteiger partial charge in [0.1, 0.15) is 11.6 Å². The zero-order chi connectivity index (χ0) is 20.9. The van der Waals surface area contributed by atoms with Crippen LogP contribution in [0.3, 0.4) is 0 Å². The molecule has 0 amide bonds. The van der Waals surface area contributed by atoms with Crippen LogP contribution in [0.4, 0.5) is 17.6 Å². The highest BCUT2D eigenvalue weighted by atomic mass is 28.3. The smallest absolute Gasteiger partial charge is 0.406 e. The van der Waals surface area contributed by atoms with Crippen molar-refractivity contribution in [3.05, 3.63) is 53.8 Å². The summed E-state index contributed by atoms with van der Waals surface area (Å²) in [4.78, 5) is 0. The van der Waals surface area contributed by atoms with E-state index in [1.165, 1.54) is 61.7 Å². The predicted octanol–water partition coefficient (Wildman–Crippen LogP) is 7.69. The van der Waals surface area contributed by atoms with Crippen molar-refractivity contribution in [2.75, 3.05) is 0 Å². The Labute approximate surface area is 171 Å². The Bertz CT molecular complexity index is 780. The van der Waals surface area contributed by atoms with Gasteiger partial charge in [0.25, 0.3) is 0 Å². The second kappa shape index (κ2) is 9.79. The average Bonchev–Trinajstić information content (AvgIpc) is 2.68. The number of hydrogen-bond donors (Lipinski definition) is 0. The minimum Gasteiger partial charge on any atom is -0.406 e. The van der Waals surface area contributed by atoms with Crippen molar-refractivity contribution < 1.29 is 22.3 Å². The normalized spacial score (nSPS) is 19.9. The van der Waals surface area contributed by atoms with Crippen molar-refractivity contribution in [3.63, 3.8) is 0 Å². The van der Waals surface area contributed by atoms with Gasteiger partial charge in [-0.15, -0.1) is 13.2 Å². The van der Waals surface area contributed by atoms with E-state index in [0.29, 0.717) is 17.0 Å². The van der Waals surface area contributed by atoms with Gasteiger partial charge in [0.15, 0.2) is 0 Å². The average molecular weight is 425 g/mol. The molecular weight excluding hydrogens is 396 g/mol. The van der Waals surface area contributed by atoms with Crippen molar-refractivity contribution in [2.24, 2.45) is 0 Å². The van der Waals surface area contributed by atoms with Gasteiger partial charge in [-0.2, -0.15) is 0 Å². The number of hydrogen-bond acceptors (Lipinski definition) is 1. The molecule has 158 valence electrons. The summed E-state index contributed by atoms with van der Waals surface area (Å²) in [5, 5.41) is 0. The summed E-state index contributed by atoms with van der Waals surface area (Å²) < 4.78 is 55.4. The van der Waals surface area contributed by atoms with Gasteiger partial charge in [0.05, 0.1) is 0 Å². The molecule has 0 bridgehead atoms. The van der Waals surface area contributed by atoms with Gasteiger partial charge in [0, 0.05) is 14.4 Å². The molecule has 0 spiro atoms. The minimum absolute atomic E-state index is 0.307. The Balaban J connectivity index is 1.62. The van der Waals surface area contributed by atoms with Crippen LogP contribution in [0.15, 0.2) is 42.5 Å².